The van der Waals surface area contributed by atoms with Crippen LogP contribution in [0, 0.1) is 5.92 Å². The average molecular weight is 450 g/mol. The Labute approximate surface area is 187 Å². The topological polar surface area (TPSA) is 119 Å². The molecule has 32 heavy (non-hydrogen) atoms. The predicted octanol–water partition coefficient (Wildman–Crippen LogP) is 1.14. The number of hydrogen-bond acceptors (Lipinski definition) is 8. The third-order valence-electron chi connectivity index (χ3n) is 6.09. The monoisotopic (exact) mass is 449 g/mol. The molecular formula is C23H31NO8. The van der Waals surface area contributed by atoms with Gasteiger partial charge in [0.2, 0.25) is 5.60 Å². The molecule has 0 aromatic rings. The van der Waals surface area contributed by atoms with Crippen molar-refractivity contribution >= 4 is 23.9 Å². The van der Waals surface area contributed by atoms with Crippen LogP contribution in [0.5, 0.6) is 0 Å². The quantitative estimate of drug-likeness (QED) is 0.253. The van der Waals surface area contributed by atoms with Crippen molar-refractivity contribution in [3.63, 3.8) is 0 Å². The van der Waals surface area contributed by atoms with Gasteiger partial charge in [-0.25, -0.2) is 9.59 Å². The van der Waals surface area contributed by atoms with Crippen LogP contribution in [0.2, 0.25) is 0 Å². The van der Waals surface area contributed by atoms with Crippen LogP contribution in [0.4, 0.5) is 0 Å². The number of ether oxygens (including phenoxy) is 3. The molecule has 0 radical (unpaired) electrons. The van der Waals surface area contributed by atoms with Gasteiger partial charge in [0, 0.05) is 36.9 Å². The lowest BCUT2D eigenvalue weighted by molar-refractivity contribution is -0.808. The van der Waals surface area contributed by atoms with Crippen molar-refractivity contribution in [2.75, 3.05) is 20.2 Å². The third-order valence-corrected chi connectivity index (χ3v) is 6.09. The van der Waals surface area contributed by atoms with Gasteiger partial charge in [-0.15, -0.1) is 0 Å². The van der Waals surface area contributed by atoms with Crippen LogP contribution in [0.1, 0.15) is 47.5 Å². The number of likely N-dealkylation sites (N-methyl/N-ethyl adjacent to an activating group) is 1. The Bertz CT molecular complexity index is 898. The molecule has 9 heteroatoms. The van der Waals surface area contributed by atoms with E-state index in [-0.39, 0.29) is 19.1 Å². The number of carbonyl (C=O) groups is 4. The van der Waals surface area contributed by atoms with E-state index in [0.717, 1.165) is 31.2 Å². The first kappa shape index (κ1) is 25.3. The number of cyclic esters (lactones) is 1. The minimum atomic E-state index is -1.50. The van der Waals surface area contributed by atoms with E-state index in [1.807, 2.05) is 19.3 Å². The molecular weight excluding hydrogens is 418 g/mol. The number of carbonyl (C=O) groups excluding carboxylic acids is 4. The molecule has 0 saturated carbocycles. The number of hydrogen-bond donors (Lipinski definition) is 0. The van der Waals surface area contributed by atoms with Crippen molar-refractivity contribution in [1.82, 2.24) is 0 Å². The third kappa shape index (κ3) is 5.27. The van der Waals surface area contributed by atoms with Gasteiger partial charge in [-0.3, -0.25) is 9.28 Å². The normalized spacial score (nSPS) is 33.2. The van der Waals surface area contributed by atoms with E-state index in [9.17, 15) is 14.4 Å². The predicted molar refractivity (Wildman–Crippen MR) is 111 cm³/mol. The van der Waals surface area contributed by atoms with Gasteiger partial charge in [-0.2, -0.15) is 0 Å². The van der Waals surface area contributed by atoms with Crippen LogP contribution in [0.25, 0.3) is 0 Å². The van der Waals surface area contributed by atoms with Crippen LogP contribution >= 0.6 is 0 Å². The highest BCUT2D eigenvalue weighted by atomic mass is 16.6. The van der Waals surface area contributed by atoms with Crippen molar-refractivity contribution in [1.29, 1.82) is 0 Å². The molecule has 0 aromatic carbocycles. The lowest BCUT2D eigenvalue weighted by Gasteiger charge is -2.33. The zero-order valence-corrected chi connectivity index (χ0v) is 19.4. The summed E-state index contributed by atoms with van der Waals surface area (Å²) < 4.78 is 17.4. The van der Waals surface area contributed by atoms with Gasteiger partial charge in [-0.05, 0) is 27.2 Å². The Balaban J connectivity index is 0.000000837. The summed E-state index contributed by atoms with van der Waals surface area (Å²) in [5, 5.41) is 8.89. The molecule has 0 N–H and O–H groups in total. The van der Waals surface area contributed by atoms with E-state index in [4.69, 9.17) is 24.1 Å². The number of rotatable bonds is 1. The van der Waals surface area contributed by atoms with Crippen molar-refractivity contribution < 1.29 is 43.0 Å². The van der Waals surface area contributed by atoms with Crippen molar-refractivity contribution in [3.05, 3.63) is 35.2 Å². The molecule has 3 heterocycles. The number of esters is 3. The highest BCUT2D eigenvalue weighted by molar-refractivity contribution is 5.89. The molecule has 1 saturated heterocycles. The fourth-order valence-corrected chi connectivity index (χ4v) is 4.22. The van der Waals surface area contributed by atoms with Gasteiger partial charge >= 0.3 is 17.9 Å². The van der Waals surface area contributed by atoms with Gasteiger partial charge in [0.1, 0.15) is 12.8 Å². The van der Waals surface area contributed by atoms with Crippen LogP contribution in [-0.2, 0) is 33.4 Å². The highest BCUT2D eigenvalue weighted by Crippen LogP contribution is 2.40. The molecule has 0 spiro atoms. The van der Waals surface area contributed by atoms with Crippen LogP contribution in [0.3, 0.4) is 0 Å². The number of allylic oxidation sites excluding steroid dienone is 1. The molecule has 4 atom stereocenters. The van der Waals surface area contributed by atoms with Gasteiger partial charge < -0.3 is 24.1 Å². The van der Waals surface area contributed by atoms with Crippen molar-refractivity contribution in [3.8, 4) is 0 Å². The number of aliphatic carboxylic acids is 1. The fourth-order valence-electron chi connectivity index (χ4n) is 4.22. The standard InChI is InChI=1S/C21H28NO6.C2H4O2/c1-6-15-11-13(2)21(4,28-14(3)23)20(25)26-12-16-7-9-22(5)10-8-17(18(16)22)27-19(15)24;1-2(3)4/h6-7,9,13,17H,8,10-12H2,1-5H3;1H3,(H,3,4)/q+1;/p-1/b15-6+;/t13-,17-,21-,22?;/m1./s1. The molecule has 3 aliphatic heterocycles. The largest absolute Gasteiger partial charge is 0.550 e. The van der Waals surface area contributed by atoms with E-state index < -0.39 is 35.4 Å². The molecule has 9 nitrogen and oxygen atoms in total. The second kappa shape index (κ2) is 9.68. The van der Waals surface area contributed by atoms with E-state index in [1.54, 1.807) is 19.9 Å². The maximum absolute atomic E-state index is 12.9. The Morgan fingerprint density at radius 3 is 2.50 bits per heavy atom. The van der Waals surface area contributed by atoms with Gasteiger partial charge in [-0.1, -0.05) is 13.0 Å². The summed E-state index contributed by atoms with van der Waals surface area (Å²) in [6.07, 6.45) is 6.24. The Morgan fingerprint density at radius 2 is 1.94 bits per heavy atom. The summed E-state index contributed by atoms with van der Waals surface area (Å²) in [7, 11) is 2.04. The summed E-state index contributed by atoms with van der Waals surface area (Å²) in [5.74, 6) is -3.15. The zero-order valence-electron chi connectivity index (χ0n) is 19.4. The number of carboxylic acid groups (broad SMARTS) is 1. The molecule has 3 aliphatic rings. The lowest BCUT2D eigenvalue weighted by Crippen LogP contribution is -2.47. The van der Waals surface area contributed by atoms with E-state index in [2.05, 4.69) is 0 Å². The van der Waals surface area contributed by atoms with Crippen molar-refractivity contribution in [2.45, 2.75) is 59.2 Å². The van der Waals surface area contributed by atoms with Gasteiger partial charge in [0.15, 0.2) is 11.8 Å². The van der Waals surface area contributed by atoms with E-state index in [0.29, 0.717) is 10.1 Å². The smallest absolute Gasteiger partial charge is 0.350 e. The SMILES string of the molecule is C/C=C1\C[C@@H](C)[C@@](C)(OC(C)=O)C(=O)OCC2=C3[C@@H](CC[N+]3(C)C=C2)OC1=O.CC(=O)[O-]. The fraction of sp³-hybridized carbons (Fsp3) is 0.565. The second-order valence-electron chi connectivity index (χ2n) is 8.59. The van der Waals surface area contributed by atoms with Gasteiger partial charge in [0.05, 0.1) is 19.2 Å². The zero-order chi connectivity index (χ0) is 24.3. The van der Waals surface area contributed by atoms with Crippen LogP contribution < -0.4 is 5.11 Å². The molecule has 1 unspecified atom stereocenters. The molecule has 0 aromatic heterocycles. The molecule has 3 rings (SSSR count). The summed E-state index contributed by atoms with van der Waals surface area (Å²) in [4.78, 5) is 46.3. The molecule has 0 aliphatic carbocycles. The van der Waals surface area contributed by atoms with Gasteiger partial charge in [0.25, 0.3) is 0 Å². The first-order valence-electron chi connectivity index (χ1n) is 10.5. The molecule has 1 fully saturated rings. The Morgan fingerprint density at radius 1 is 1.31 bits per heavy atom. The maximum Gasteiger partial charge on any atom is 0.350 e. The first-order chi connectivity index (χ1) is 14.8. The van der Waals surface area contributed by atoms with E-state index in [1.165, 1.54) is 13.8 Å². The Hall–Kier alpha value is -2.94. The summed E-state index contributed by atoms with van der Waals surface area (Å²) in [6.45, 7) is 8.14. The van der Waals surface area contributed by atoms with E-state index >= 15 is 0 Å². The van der Waals surface area contributed by atoms with Crippen LogP contribution in [0.15, 0.2) is 35.2 Å². The Kier molecular flexibility index (Phi) is 7.66. The lowest BCUT2D eigenvalue weighted by atomic mass is 9.85. The second-order valence-corrected chi connectivity index (χ2v) is 8.59. The van der Waals surface area contributed by atoms with Crippen molar-refractivity contribution in [2.24, 2.45) is 5.92 Å². The maximum atomic E-state index is 12.9. The summed E-state index contributed by atoms with van der Waals surface area (Å²) >= 11 is 0. The minimum Gasteiger partial charge on any atom is -0.550 e. The highest BCUT2D eigenvalue weighted by Gasteiger charge is 2.49. The average Bonchev–Trinajstić information content (AvgIpc) is 3.17. The molecule has 176 valence electrons. The number of nitrogens with zero attached hydrogens (tertiary/aromatic N) is 1. The molecule has 0 bridgehead atoms. The molecule has 0 amide bonds. The number of quaternary nitrogens is 1. The minimum absolute atomic E-state index is 0.0482. The summed E-state index contributed by atoms with van der Waals surface area (Å²) in [5.41, 5.74) is 0.722. The summed E-state index contributed by atoms with van der Waals surface area (Å²) in [6, 6.07) is 0. The first-order valence-corrected chi connectivity index (χ1v) is 10.5. The van der Waals surface area contributed by atoms with Crippen LogP contribution in [-0.4, -0.2) is 60.3 Å². The number of carboxylic acids is 1.